The number of benzene rings is 1. The SMILES string of the molecule is O=S(=O)(N[C@H]1CCNC1)c1ccc(Br)cc1. The van der Waals surface area contributed by atoms with E-state index in [1.165, 1.54) is 0 Å². The predicted molar refractivity (Wildman–Crippen MR) is 65.7 cm³/mol. The van der Waals surface area contributed by atoms with Crippen molar-refractivity contribution in [1.82, 2.24) is 10.0 Å². The van der Waals surface area contributed by atoms with E-state index in [9.17, 15) is 8.42 Å². The van der Waals surface area contributed by atoms with Gasteiger partial charge in [-0.2, -0.15) is 0 Å². The summed E-state index contributed by atoms with van der Waals surface area (Å²) in [5.41, 5.74) is 0. The molecule has 16 heavy (non-hydrogen) atoms. The van der Waals surface area contributed by atoms with Crippen LogP contribution < -0.4 is 10.0 Å². The third-order valence-corrected chi connectivity index (χ3v) is 4.57. The molecule has 0 radical (unpaired) electrons. The first kappa shape index (κ1) is 12.0. The summed E-state index contributed by atoms with van der Waals surface area (Å²) in [7, 11) is -3.37. The minimum atomic E-state index is -3.37. The smallest absolute Gasteiger partial charge is 0.240 e. The van der Waals surface area contributed by atoms with Gasteiger partial charge in [-0.15, -0.1) is 0 Å². The molecular weight excluding hydrogens is 292 g/mol. The van der Waals surface area contributed by atoms with Crippen LogP contribution in [0.4, 0.5) is 0 Å². The second-order valence-corrected chi connectivity index (χ2v) is 6.39. The van der Waals surface area contributed by atoms with E-state index in [1.54, 1.807) is 24.3 Å². The minimum absolute atomic E-state index is 0.00801. The Labute approximate surface area is 104 Å². The molecule has 88 valence electrons. The van der Waals surface area contributed by atoms with E-state index < -0.39 is 10.0 Å². The van der Waals surface area contributed by atoms with Crippen LogP contribution >= 0.6 is 15.9 Å². The Hall–Kier alpha value is -0.430. The van der Waals surface area contributed by atoms with E-state index in [1.807, 2.05) is 0 Å². The van der Waals surface area contributed by atoms with Gasteiger partial charge in [-0.05, 0) is 37.2 Å². The second kappa shape index (κ2) is 4.83. The molecule has 0 amide bonds. The summed E-state index contributed by atoms with van der Waals surface area (Å²) in [6.45, 7) is 1.57. The van der Waals surface area contributed by atoms with E-state index >= 15 is 0 Å². The van der Waals surface area contributed by atoms with Crippen molar-refractivity contribution in [2.24, 2.45) is 0 Å². The van der Waals surface area contributed by atoms with Crippen molar-refractivity contribution in [3.05, 3.63) is 28.7 Å². The van der Waals surface area contributed by atoms with Crippen molar-refractivity contribution in [2.75, 3.05) is 13.1 Å². The largest absolute Gasteiger partial charge is 0.315 e. The molecule has 1 heterocycles. The Bertz CT molecular complexity index is 452. The monoisotopic (exact) mass is 304 g/mol. The molecule has 1 aliphatic rings. The minimum Gasteiger partial charge on any atom is -0.315 e. The lowest BCUT2D eigenvalue weighted by Crippen LogP contribution is -2.36. The van der Waals surface area contributed by atoms with Gasteiger partial charge in [0.15, 0.2) is 0 Å². The van der Waals surface area contributed by atoms with Crippen molar-refractivity contribution in [1.29, 1.82) is 0 Å². The van der Waals surface area contributed by atoms with Gasteiger partial charge in [0.1, 0.15) is 0 Å². The van der Waals surface area contributed by atoms with E-state index in [-0.39, 0.29) is 6.04 Å². The van der Waals surface area contributed by atoms with E-state index in [0.717, 1.165) is 17.4 Å². The molecule has 0 aliphatic carbocycles. The average molecular weight is 305 g/mol. The van der Waals surface area contributed by atoms with Crippen molar-refractivity contribution in [3.8, 4) is 0 Å². The quantitative estimate of drug-likeness (QED) is 0.879. The van der Waals surface area contributed by atoms with Gasteiger partial charge < -0.3 is 5.32 Å². The maximum Gasteiger partial charge on any atom is 0.240 e. The summed E-state index contributed by atoms with van der Waals surface area (Å²) in [5, 5.41) is 3.12. The number of hydrogen-bond acceptors (Lipinski definition) is 3. The average Bonchev–Trinajstić information content (AvgIpc) is 2.70. The van der Waals surface area contributed by atoms with Crippen LogP contribution in [0.3, 0.4) is 0 Å². The van der Waals surface area contributed by atoms with Crippen LogP contribution in [0.5, 0.6) is 0 Å². The third-order valence-electron chi connectivity index (χ3n) is 2.51. The Morgan fingerprint density at radius 2 is 2.00 bits per heavy atom. The van der Waals surface area contributed by atoms with Gasteiger partial charge in [0.2, 0.25) is 10.0 Å². The molecule has 0 saturated carbocycles. The van der Waals surface area contributed by atoms with Crippen LogP contribution in [-0.4, -0.2) is 27.5 Å². The molecule has 6 heteroatoms. The molecule has 2 N–H and O–H groups in total. The molecule has 0 aromatic heterocycles. The molecule has 1 atom stereocenters. The molecule has 1 aliphatic heterocycles. The zero-order valence-electron chi connectivity index (χ0n) is 8.61. The first-order valence-corrected chi connectivity index (χ1v) is 7.34. The van der Waals surface area contributed by atoms with Gasteiger partial charge in [-0.3, -0.25) is 0 Å². The zero-order valence-corrected chi connectivity index (χ0v) is 11.0. The highest BCUT2D eigenvalue weighted by atomic mass is 79.9. The summed E-state index contributed by atoms with van der Waals surface area (Å²) < 4.78 is 27.4. The Balaban J connectivity index is 2.14. The molecule has 0 spiro atoms. The van der Waals surface area contributed by atoms with E-state index in [4.69, 9.17) is 0 Å². The molecule has 2 rings (SSSR count). The highest BCUT2D eigenvalue weighted by Gasteiger charge is 2.22. The van der Waals surface area contributed by atoms with Crippen molar-refractivity contribution in [2.45, 2.75) is 17.4 Å². The van der Waals surface area contributed by atoms with Gasteiger partial charge in [-0.1, -0.05) is 15.9 Å². The summed E-state index contributed by atoms with van der Waals surface area (Å²) in [4.78, 5) is 0.308. The first-order chi connectivity index (χ1) is 7.58. The molecule has 1 aromatic rings. The lowest BCUT2D eigenvalue weighted by molar-refractivity contribution is 0.560. The summed E-state index contributed by atoms with van der Waals surface area (Å²) in [5.74, 6) is 0. The van der Waals surface area contributed by atoms with Crippen LogP contribution in [0.1, 0.15) is 6.42 Å². The lowest BCUT2D eigenvalue weighted by Gasteiger charge is -2.11. The number of nitrogens with one attached hydrogen (secondary N) is 2. The first-order valence-electron chi connectivity index (χ1n) is 5.06. The fourth-order valence-corrected chi connectivity index (χ4v) is 3.19. The molecule has 4 nitrogen and oxygen atoms in total. The second-order valence-electron chi connectivity index (χ2n) is 3.76. The molecule has 1 fully saturated rings. The van der Waals surface area contributed by atoms with Crippen molar-refractivity contribution < 1.29 is 8.42 Å². The fraction of sp³-hybridized carbons (Fsp3) is 0.400. The predicted octanol–water partition coefficient (Wildman–Crippen LogP) is 1.09. The number of hydrogen-bond donors (Lipinski definition) is 2. The standard InChI is InChI=1S/C10H13BrN2O2S/c11-8-1-3-10(4-2-8)16(14,15)13-9-5-6-12-7-9/h1-4,9,12-13H,5-7H2/t9-/m0/s1. The molecule has 1 aromatic carbocycles. The van der Waals surface area contributed by atoms with Gasteiger partial charge in [0.05, 0.1) is 4.90 Å². The summed E-state index contributed by atoms with van der Waals surface area (Å²) >= 11 is 3.28. The molecule has 1 saturated heterocycles. The van der Waals surface area contributed by atoms with Crippen LogP contribution in [-0.2, 0) is 10.0 Å². The normalized spacial score (nSPS) is 21.2. The van der Waals surface area contributed by atoms with Crippen LogP contribution in [0.25, 0.3) is 0 Å². The zero-order chi connectivity index (χ0) is 11.6. The van der Waals surface area contributed by atoms with Crippen molar-refractivity contribution in [3.63, 3.8) is 0 Å². The maximum atomic E-state index is 11.9. The van der Waals surface area contributed by atoms with E-state index in [2.05, 4.69) is 26.0 Å². The number of halogens is 1. The van der Waals surface area contributed by atoms with E-state index in [0.29, 0.717) is 11.4 Å². The molecule has 0 unspecified atom stereocenters. The third kappa shape index (κ3) is 2.82. The summed E-state index contributed by atoms with van der Waals surface area (Å²) in [6, 6.07) is 6.64. The highest BCUT2D eigenvalue weighted by molar-refractivity contribution is 9.10. The van der Waals surface area contributed by atoms with Gasteiger partial charge in [-0.25, -0.2) is 13.1 Å². The number of rotatable bonds is 3. The van der Waals surface area contributed by atoms with Gasteiger partial charge >= 0.3 is 0 Å². The van der Waals surface area contributed by atoms with Gasteiger partial charge in [0, 0.05) is 17.1 Å². The number of sulfonamides is 1. The van der Waals surface area contributed by atoms with Crippen LogP contribution in [0.2, 0.25) is 0 Å². The van der Waals surface area contributed by atoms with Crippen molar-refractivity contribution >= 4 is 26.0 Å². The molecule has 0 bridgehead atoms. The Morgan fingerprint density at radius 1 is 1.31 bits per heavy atom. The van der Waals surface area contributed by atoms with Gasteiger partial charge in [0.25, 0.3) is 0 Å². The van der Waals surface area contributed by atoms with Crippen LogP contribution in [0, 0.1) is 0 Å². The maximum absolute atomic E-state index is 11.9. The topological polar surface area (TPSA) is 58.2 Å². The highest BCUT2D eigenvalue weighted by Crippen LogP contribution is 2.15. The fourth-order valence-electron chi connectivity index (χ4n) is 1.66. The molecular formula is C10H13BrN2O2S. The summed E-state index contributed by atoms with van der Waals surface area (Å²) in [6.07, 6.45) is 0.843. The lowest BCUT2D eigenvalue weighted by atomic mass is 10.3. The Kier molecular flexibility index (Phi) is 3.63. The Morgan fingerprint density at radius 3 is 2.56 bits per heavy atom. The van der Waals surface area contributed by atoms with Crippen LogP contribution in [0.15, 0.2) is 33.6 Å².